The number of non-ortho nitro benzene ring substituents is 1. The van der Waals surface area contributed by atoms with Crippen molar-refractivity contribution in [1.29, 1.82) is 0 Å². The third-order valence-electron chi connectivity index (χ3n) is 3.36. The zero-order valence-corrected chi connectivity index (χ0v) is 12.5. The van der Waals surface area contributed by atoms with Crippen molar-refractivity contribution in [3.05, 3.63) is 85.6 Å². The number of carbonyl (C=O) groups is 1. The van der Waals surface area contributed by atoms with Crippen molar-refractivity contribution < 1.29 is 19.4 Å². The quantitative estimate of drug-likeness (QED) is 0.365. The van der Waals surface area contributed by atoms with Gasteiger partial charge in [0.2, 0.25) is 5.90 Å². The Morgan fingerprint density at radius 1 is 0.960 bits per heavy atom. The minimum absolute atomic E-state index is 0.0537. The van der Waals surface area contributed by atoms with Gasteiger partial charge in [0.1, 0.15) is 5.56 Å². The van der Waals surface area contributed by atoms with Crippen LogP contribution in [0.4, 0.5) is 11.4 Å². The molecule has 0 amide bonds. The summed E-state index contributed by atoms with van der Waals surface area (Å²) in [6, 6.07) is 11.3. The molecule has 0 atom stereocenters. The van der Waals surface area contributed by atoms with Gasteiger partial charge in [-0.2, -0.15) is 0 Å². The van der Waals surface area contributed by atoms with Gasteiger partial charge >= 0.3 is 5.97 Å². The Hall–Kier alpha value is -3.88. The monoisotopic (exact) mass is 339 g/mol. The SMILES string of the molecule is O=C1OC(c2ccccc2[N+](=O)[O-])=NC1=Cc1ccc([N+](=O)[O-])cc1. The van der Waals surface area contributed by atoms with E-state index in [2.05, 4.69) is 4.99 Å². The van der Waals surface area contributed by atoms with Crippen LogP contribution in [0.2, 0.25) is 0 Å². The van der Waals surface area contributed by atoms with Crippen molar-refractivity contribution in [1.82, 2.24) is 0 Å². The van der Waals surface area contributed by atoms with E-state index in [1.54, 1.807) is 6.07 Å². The van der Waals surface area contributed by atoms with Crippen molar-refractivity contribution in [2.75, 3.05) is 0 Å². The van der Waals surface area contributed by atoms with Gasteiger partial charge in [0.25, 0.3) is 11.4 Å². The highest BCUT2D eigenvalue weighted by Crippen LogP contribution is 2.25. The maximum atomic E-state index is 11.9. The van der Waals surface area contributed by atoms with Gasteiger partial charge in [0.05, 0.1) is 9.85 Å². The van der Waals surface area contributed by atoms with E-state index in [4.69, 9.17) is 4.74 Å². The van der Waals surface area contributed by atoms with E-state index in [0.29, 0.717) is 5.56 Å². The number of rotatable bonds is 4. The molecule has 1 heterocycles. The molecule has 0 unspecified atom stereocenters. The van der Waals surface area contributed by atoms with Crippen LogP contribution in [0.3, 0.4) is 0 Å². The van der Waals surface area contributed by atoms with Crippen molar-refractivity contribution in [2.24, 2.45) is 4.99 Å². The second-order valence-electron chi connectivity index (χ2n) is 4.96. The lowest BCUT2D eigenvalue weighted by Crippen LogP contribution is -2.07. The van der Waals surface area contributed by atoms with Gasteiger partial charge in [-0.3, -0.25) is 20.2 Å². The van der Waals surface area contributed by atoms with E-state index in [9.17, 15) is 25.0 Å². The minimum Gasteiger partial charge on any atom is -0.402 e. The summed E-state index contributed by atoms with van der Waals surface area (Å²) in [7, 11) is 0. The van der Waals surface area contributed by atoms with E-state index in [-0.39, 0.29) is 28.5 Å². The van der Waals surface area contributed by atoms with E-state index >= 15 is 0 Å². The van der Waals surface area contributed by atoms with Crippen LogP contribution in [0.25, 0.3) is 6.08 Å². The lowest BCUT2D eigenvalue weighted by atomic mass is 10.1. The summed E-state index contributed by atoms with van der Waals surface area (Å²) in [6.07, 6.45) is 1.38. The molecule has 1 aliphatic rings. The molecule has 0 bridgehead atoms. The number of nitro groups is 2. The number of ether oxygens (including phenoxy) is 1. The highest BCUT2D eigenvalue weighted by molar-refractivity contribution is 6.14. The van der Waals surface area contributed by atoms with Gasteiger partial charge < -0.3 is 4.74 Å². The number of hydrogen-bond acceptors (Lipinski definition) is 7. The number of hydrogen-bond donors (Lipinski definition) is 0. The lowest BCUT2D eigenvalue weighted by molar-refractivity contribution is -0.385. The molecule has 0 saturated heterocycles. The first-order chi connectivity index (χ1) is 12.0. The van der Waals surface area contributed by atoms with Crippen LogP contribution in [0.15, 0.2) is 59.2 Å². The number of nitro benzene ring substituents is 2. The van der Waals surface area contributed by atoms with Gasteiger partial charge in [-0.15, -0.1) is 0 Å². The van der Waals surface area contributed by atoms with Gasteiger partial charge in [0.15, 0.2) is 5.70 Å². The van der Waals surface area contributed by atoms with E-state index in [1.807, 2.05) is 0 Å². The Labute approximate surface area is 140 Å². The minimum atomic E-state index is -0.758. The second kappa shape index (κ2) is 6.32. The largest absolute Gasteiger partial charge is 0.402 e. The molecule has 2 aromatic rings. The molecule has 1 aliphatic heterocycles. The van der Waals surface area contributed by atoms with Crippen molar-refractivity contribution in [3.8, 4) is 0 Å². The Bertz CT molecular complexity index is 947. The van der Waals surface area contributed by atoms with Crippen LogP contribution in [0.1, 0.15) is 11.1 Å². The summed E-state index contributed by atoms with van der Waals surface area (Å²) in [5, 5.41) is 21.7. The topological polar surface area (TPSA) is 125 Å². The normalized spacial score (nSPS) is 15.0. The third kappa shape index (κ3) is 3.24. The highest BCUT2D eigenvalue weighted by Gasteiger charge is 2.28. The van der Waals surface area contributed by atoms with Crippen LogP contribution < -0.4 is 0 Å². The summed E-state index contributed by atoms with van der Waals surface area (Å²) in [4.78, 5) is 36.5. The lowest BCUT2D eigenvalue weighted by Gasteiger charge is -2.00. The number of nitrogens with zero attached hydrogens (tertiary/aromatic N) is 3. The molecule has 3 rings (SSSR count). The van der Waals surface area contributed by atoms with Crippen LogP contribution in [0.5, 0.6) is 0 Å². The molecular formula is C16H9N3O6. The first-order valence-corrected chi connectivity index (χ1v) is 6.96. The molecule has 25 heavy (non-hydrogen) atoms. The second-order valence-corrected chi connectivity index (χ2v) is 4.96. The molecule has 0 saturated carbocycles. The summed E-state index contributed by atoms with van der Waals surface area (Å²) in [5.41, 5.74) is 0.228. The first kappa shape index (κ1) is 16.0. The molecule has 124 valence electrons. The number of benzene rings is 2. The standard InChI is InChI=1S/C16H9N3O6/c20-16-13(9-10-5-7-11(8-6-10)18(21)22)17-15(25-16)12-3-1-2-4-14(12)19(23)24/h1-9H. The molecule has 0 aromatic heterocycles. The third-order valence-corrected chi connectivity index (χ3v) is 3.36. The number of esters is 1. The Morgan fingerprint density at radius 3 is 2.28 bits per heavy atom. The molecule has 0 fully saturated rings. The number of carbonyl (C=O) groups excluding carboxylic acids is 1. The zero-order chi connectivity index (χ0) is 18.0. The molecule has 0 spiro atoms. The zero-order valence-electron chi connectivity index (χ0n) is 12.5. The smallest absolute Gasteiger partial charge is 0.363 e. The molecule has 2 aromatic carbocycles. The number of aliphatic imine (C=N–C) groups is 1. The molecule has 0 radical (unpaired) electrons. The summed E-state index contributed by atoms with van der Waals surface area (Å²) >= 11 is 0. The Morgan fingerprint density at radius 2 is 1.64 bits per heavy atom. The average molecular weight is 339 g/mol. The summed E-state index contributed by atoms with van der Waals surface area (Å²) in [6.45, 7) is 0. The van der Waals surface area contributed by atoms with Gasteiger partial charge in [-0.25, -0.2) is 9.79 Å². The van der Waals surface area contributed by atoms with Gasteiger partial charge in [0, 0.05) is 18.2 Å². The average Bonchev–Trinajstić information content (AvgIpc) is 2.96. The van der Waals surface area contributed by atoms with Crippen LogP contribution in [0, 0.1) is 20.2 Å². The Kier molecular flexibility index (Phi) is 4.04. The predicted molar refractivity (Wildman–Crippen MR) is 86.8 cm³/mol. The maximum absolute atomic E-state index is 11.9. The predicted octanol–water partition coefficient (Wildman–Crippen LogP) is 2.85. The highest BCUT2D eigenvalue weighted by atomic mass is 16.6. The first-order valence-electron chi connectivity index (χ1n) is 6.96. The van der Waals surface area contributed by atoms with Crippen LogP contribution in [-0.4, -0.2) is 21.7 Å². The molecule has 0 N–H and O–H groups in total. The van der Waals surface area contributed by atoms with Gasteiger partial charge in [-0.05, 0) is 29.8 Å². The van der Waals surface area contributed by atoms with E-state index in [1.165, 1.54) is 48.5 Å². The number of cyclic esters (lactones) is 1. The fourth-order valence-corrected chi connectivity index (χ4v) is 2.19. The fraction of sp³-hybridized carbons (Fsp3) is 0. The number of para-hydroxylation sites is 1. The Balaban J connectivity index is 1.95. The summed E-state index contributed by atoms with van der Waals surface area (Å²) in [5.74, 6) is -0.919. The van der Waals surface area contributed by atoms with Gasteiger partial charge in [-0.1, -0.05) is 12.1 Å². The fourth-order valence-electron chi connectivity index (χ4n) is 2.19. The van der Waals surface area contributed by atoms with E-state index < -0.39 is 15.8 Å². The van der Waals surface area contributed by atoms with Crippen molar-refractivity contribution in [2.45, 2.75) is 0 Å². The molecule has 9 nitrogen and oxygen atoms in total. The van der Waals surface area contributed by atoms with Crippen molar-refractivity contribution in [3.63, 3.8) is 0 Å². The van der Waals surface area contributed by atoms with Crippen molar-refractivity contribution >= 4 is 29.3 Å². The maximum Gasteiger partial charge on any atom is 0.363 e. The molecular weight excluding hydrogens is 330 g/mol. The molecule has 9 heteroatoms. The summed E-state index contributed by atoms with van der Waals surface area (Å²) < 4.78 is 5.02. The molecule has 0 aliphatic carbocycles. The van der Waals surface area contributed by atoms with Crippen LogP contribution >= 0.6 is 0 Å². The van der Waals surface area contributed by atoms with Crippen LogP contribution in [-0.2, 0) is 9.53 Å². The van der Waals surface area contributed by atoms with E-state index in [0.717, 1.165) is 0 Å².